The standard InChI is InChI=1S/C15H15N5O3S/c21-15(14-3-1-2-6-16-14)17-8-10-24(22,23)19-12-5-9-20-13(11-12)4-7-18-20/h1-7,9,11,19H,8,10H2,(H,17,21). The fourth-order valence-electron chi connectivity index (χ4n) is 2.10. The molecule has 9 heteroatoms. The number of fused-ring (bicyclic) bond motifs is 1. The zero-order valence-electron chi connectivity index (χ0n) is 12.6. The van der Waals surface area contributed by atoms with E-state index in [1.807, 2.05) is 0 Å². The first kappa shape index (κ1) is 15.9. The molecule has 3 aromatic heterocycles. The van der Waals surface area contributed by atoms with E-state index in [4.69, 9.17) is 0 Å². The highest BCUT2D eigenvalue weighted by Crippen LogP contribution is 2.12. The molecule has 0 atom stereocenters. The quantitative estimate of drug-likeness (QED) is 0.690. The molecule has 3 aromatic rings. The summed E-state index contributed by atoms with van der Waals surface area (Å²) in [7, 11) is -3.58. The van der Waals surface area contributed by atoms with E-state index in [0.29, 0.717) is 5.69 Å². The number of hydrogen-bond donors (Lipinski definition) is 2. The van der Waals surface area contributed by atoms with Gasteiger partial charge in [0, 0.05) is 25.1 Å². The van der Waals surface area contributed by atoms with Crippen molar-refractivity contribution in [2.24, 2.45) is 0 Å². The van der Waals surface area contributed by atoms with Crippen molar-refractivity contribution >= 4 is 27.1 Å². The molecule has 3 rings (SSSR count). The molecule has 0 aromatic carbocycles. The van der Waals surface area contributed by atoms with Crippen molar-refractivity contribution in [2.45, 2.75) is 0 Å². The average Bonchev–Trinajstić information content (AvgIpc) is 3.02. The molecule has 8 nitrogen and oxygen atoms in total. The van der Waals surface area contributed by atoms with E-state index in [2.05, 4.69) is 20.1 Å². The van der Waals surface area contributed by atoms with Gasteiger partial charge in [0.25, 0.3) is 5.91 Å². The third kappa shape index (κ3) is 3.87. The monoisotopic (exact) mass is 345 g/mol. The largest absolute Gasteiger partial charge is 0.350 e. The Morgan fingerprint density at radius 2 is 2.04 bits per heavy atom. The van der Waals surface area contributed by atoms with Crippen LogP contribution in [0.25, 0.3) is 5.52 Å². The molecule has 0 aliphatic heterocycles. The van der Waals surface area contributed by atoms with E-state index in [9.17, 15) is 13.2 Å². The second kappa shape index (κ2) is 6.67. The molecule has 3 heterocycles. The molecule has 0 aliphatic carbocycles. The van der Waals surface area contributed by atoms with E-state index in [0.717, 1.165) is 5.52 Å². The van der Waals surface area contributed by atoms with Gasteiger partial charge in [-0.2, -0.15) is 5.10 Å². The summed E-state index contributed by atoms with van der Waals surface area (Å²) in [5.74, 6) is -0.651. The molecular weight excluding hydrogens is 330 g/mol. The van der Waals surface area contributed by atoms with Gasteiger partial charge < -0.3 is 5.32 Å². The Morgan fingerprint density at radius 3 is 2.83 bits per heavy atom. The van der Waals surface area contributed by atoms with Crippen molar-refractivity contribution < 1.29 is 13.2 Å². The molecule has 0 radical (unpaired) electrons. The van der Waals surface area contributed by atoms with Gasteiger partial charge in [0.05, 0.1) is 17.0 Å². The van der Waals surface area contributed by atoms with Gasteiger partial charge >= 0.3 is 0 Å². The molecule has 0 saturated heterocycles. The highest BCUT2D eigenvalue weighted by molar-refractivity contribution is 7.92. The lowest BCUT2D eigenvalue weighted by Gasteiger charge is -2.09. The molecule has 0 aliphatic rings. The van der Waals surface area contributed by atoms with E-state index in [1.165, 1.54) is 6.20 Å². The highest BCUT2D eigenvalue weighted by atomic mass is 32.2. The van der Waals surface area contributed by atoms with Crippen LogP contribution >= 0.6 is 0 Å². The van der Waals surface area contributed by atoms with E-state index in [-0.39, 0.29) is 18.0 Å². The van der Waals surface area contributed by atoms with Crippen LogP contribution in [0.3, 0.4) is 0 Å². The number of sulfonamides is 1. The number of nitrogens with one attached hydrogen (secondary N) is 2. The summed E-state index contributed by atoms with van der Waals surface area (Å²) in [4.78, 5) is 15.7. The van der Waals surface area contributed by atoms with Crippen LogP contribution in [0, 0.1) is 0 Å². The van der Waals surface area contributed by atoms with Crippen molar-refractivity contribution in [3.05, 3.63) is 60.7 Å². The van der Waals surface area contributed by atoms with Crippen LogP contribution in [0.4, 0.5) is 5.69 Å². The Bertz CT molecular complexity index is 953. The Morgan fingerprint density at radius 1 is 1.17 bits per heavy atom. The number of rotatable bonds is 6. The molecule has 0 spiro atoms. The van der Waals surface area contributed by atoms with Crippen LogP contribution in [-0.2, 0) is 10.0 Å². The summed E-state index contributed by atoms with van der Waals surface area (Å²) in [6.07, 6.45) is 4.79. The molecule has 124 valence electrons. The summed E-state index contributed by atoms with van der Waals surface area (Å²) < 4.78 is 28.3. The number of pyridine rings is 2. The van der Waals surface area contributed by atoms with E-state index >= 15 is 0 Å². The fraction of sp³-hybridized carbons (Fsp3) is 0.133. The van der Waals surface area contributed by atoms with Crippen molar-refractivity contribution in [2.75, 3.05) is 17.0 Å². The maximum Gasteiger partial charge on any atom is 0.269 e. The molecule has 0 fully saturated rings. The van der Waals surface area contributed by atoms with Gasteiger partial charge in [0.15, 0.2) is 0 Å². The average molecular weight is 345 g/mol. The zero-order valence-corrected chi connectivity index (χ0v) is 13.4. The van der Waals surface area contributed by atoms with Crippen LogP contribution in [0.2, 0.25) is 0 Å². The van der Waals surface area contributed by atoms with Crippen LogP contribution in [0.5, 0.6) is 0 Å². The number of anilines is 1. The topological polar surface area (TPSA) is 105 Å². The number of carbonyl (C=O) groups excluding carboxylic acids is 1. The first-order valence-electron chi connectivity index (χ1n) is 7.17. The molecular formula is C15H15N5O3S. The van der Waals surface area contributed by atoms with Crippen LogP contribution in [-0.4, -0.2) is 41.2 Å². The Hall–Kier alpha value is -2.94. The van der Waals surface area contributed by atoms with Crippen LogP contribution < -0.4 is 10.0 Å². The summed E-state index contributed by atoms with van der Waals surface area (Å²) in [6, 6.07) is 10.0. The zero-order chi connectivity index (χ0) is 17.0. The van der Waals surface area contributed by atoms with Gasteiger partial charge in [-0.05, 0) is 30.3 Å². The predicted molar refractivity (Wildman–Crippen MR) is 89.2 cm³/mol. The lowest BCUT2D eigenvalue weighted by molar-refractivity contribution is 0.0951. The highest BCUT2D eigenvalue weighted by Gasteiger charge is 2.12. The Balaban J connectivity index is 1.57. The third-order valence-corrected chi connectivity index (χ3v) is 4.52. The molecule has 0 bridgehead atoms. The minimum absolute atomic E-state index is 0.0142. The van der Waals surface area contributed by atoms with Gasteiger partial charge in [0.2, 0.25) is 10.0 Å². The predicted octanol–water partition coefficient (Wildman–Crippen LogP) is 0.901. The molecule has 0 unspecified atom stereocenters. The minimum Gasteiger partial charge on any atom is -0.350 e. The minimum atomic E-state index is -3.58. The van der Waals surface area contributed by atoms with Crippen molar-refractivity contribution in [3.8, 4) is 0 Å². The normalized spacial score (nSPS) is 11.3. The maximum atomic E-state index is 12.1. The maximum absolute atomic E-state index is 12.1. The van der Waals surface area contributed by atoms with Crippen molar-refractivity contribution in [3.63, 3.8) is 0 Å². The summed E-state index contributed by atoms with van der Waals surface area (Å²) in [6.45, 7) is -0.0142. The fourth-order valence-corrected chi connectivity index (χ4v) is 3.06. The lowest BCUT2D eigenvalue weighted by Crippen LogP contribution is -2.31. The summed E-state index contributed by atoms with van der Waals surface area (Å²) >= 11 is 0. The Labute approximate surface area is 138 Å². The molecule has 2 N–H and O–H groups in total. The number of aromatic nitrogens is 3. The van der Waals surface area contributed by atoms with Crippen LogP contribution in [0.1, 0.15) is 10.5 Å². The first-order chi connectivity index (χ1) is 11.5. The smallest absolute Gasteiger partial charge is 0.269 e. The summed E-state index contributed by atoms with van der Waals surface area (Å²) in [5.41, 5.74) is 1.46. The van der Waals surface area contributed by atoms with Crippen molar-refractivity contribution in [1.82, 2.24) is 19.9 Å². The van der Waals surface area contributed by atoms with Crippen molar-refractivity contribution in [1.29, 1.82) is 0 Å². The van der Waals surface area contributed by atoms with E-state index < -0.39 is 15.9 Å². The molecule has 24 heavy (non-hydrogen) atoms. The SMILES string of the molecule is O=C(NCCS(=O)(=O)Nc1ccn2nccc2c1)c1ccccn1. The number of nitrogens with zero attached hydrogens (tertiary/aromatic N) is 3. The summed E-state index contributed by atoms with van der Waals surface area (Å²) in [5, 5.41) is 6.57. The van der Waals surface area contributed by atoms with Gasteiger partial charge in [-0.25, -0.2) is 12.9 Å². The second-order valence-corrected chi connectivity index (χ2v) is 6.85. The molecule has 1 amide bonds. The first-order valence-corrected chi connectivity index (χ1v) is 8.82. The third-order valence-electron chi connectivity index (χ3n) is 3.23. The number of hydrogen-bond acceptors (Lipinski definition) is 5. The molecule has 0 saturated carbocycles. The number of amides is 1. The van der Waals surface area contributed by atoms with Gasteiger partial charge in [0.1, 0.15) is 5.69 Å². The lowest BCUT2D eigenvalue weighted by atomic mass is 10.3. The Kier molecular flexibility index (Phi) is 4.43. The van der Waals surface area contributed by atoms with E-state index in [1.54, 1.807) is 53.3 Å². The second-order valence-electron chi connectivity index (χ2n) is 5.01. The van der Waals surface area contributed by atoms with Gasteiger partial charge in [-0.3, -0.25) is 14.5 Å². The number of carbonyl (C=O) groups is 1. The van der Waals surface area contributed by atoms with Crippen LogP contribution in [0.15, 0.2) is 55.0 Å². The van der Waals surface area contributed by atoms with Gasteiger partial charge in [-0.15, -0.1) is 0 Å². The van der Waals surface area contributed by atoms with Gasteiger partial charge in [-0.1, -0.05) is 6.07 Å².